The number of nitrogens with one attached hydrogen (secondary N) is 1. The third-order valence-corrected chi connectivity index (χ3v) is 5.43. The summed E-state index contributed by atoms with van der Waals surface area (Å²) in [6.45, 7) is 2.78. The van der Waals surface area contributed by atoms with E-state index in [0.717, 1.165) is 22.2 Å². The Morgan fingerprint density at radius 1 is 1.18 bits per heavy atom. The van der Waals surface area contributed by atoms with Crippen molar-refractivity contribution in [1.82, 2.24) is 30.1 Å². The van der Waals surface area contributed by atoms with Crippen molar-refractivity contribution in [3.8, 4) is 28.9 Å². The van der Waals surface area contributed by atoms with E-state index in [4.69, 9.17) is 9.47 Å². The maximum atomic E-state index is 12.6. The normalized spacial score (nSPS) is 13.7. The largest absolute Gasteiger partial charge is 0.378 e. The van der Waals surface area contributed by atoms with E-state index in [1.54, 1.807) is 11.8 Å². The number of fused-ring (bicyclic) bond motifs is 1. The van der Waals surface area contributed by atoms with Gasteiger partial charge in [0, 0.05) is 36.7 Å². The topological polar surface area (TPSA) is 98.2 Å². The lowest BCUT2D eigenvalue weighted by Gasteiger charge is -2.26. The molecule has 9 nitrogen and oxygen atoms in total. The van der Waals surface area contributed by atoms with Crippen LogP contribution in [0.4, 0.5) is 0 Å². The number of aromatic amines is 1. The van der Waals surface area contributed by atoms with Gasteiger partial charge in [-0.2, -0.15) is 5.10 Å². The van der Waals surface area contributed by atoms with Crippen LogP contribution in [0.3, 0.4) is 0 Å². The Balaban J connectivity index is 1.35. The fourth-order valence-corrected chi connectivity index (χ4v) is 3.71. The predicted octanol–water partition coefficient (Wildman–Crippen LogP) is 2.28. The van der Waals surface area contributed by atoms with Gasteiger partial charge in [0.05, 0.1) is 30.6 Å². The Bertz CT molecular complexity index is 1340. The summed E-state index contributed by atoms with van der Waals surface area (Å²) in [4.78, 5) is 14.4. The standard InChI is InChI=1S/C24H22N6O3/c1-32-12-2-3-17-4-9-20-21(15-17)25-27-23(20)22-16-30(28-26-22)19-7-5-18(6-8-19)24(31)29-10-13-33-14-11-29/h4-9,15-16H,10-14H2,1H3,(H,25,27). The Hall–Kier alpha value is -4.00. The first kappa shape index (κ1) is 20.9. The summed E-state index contributed by atoms with van der Waals surface area (Å²) < 4.78 is 12.0. The van der Waals surface area contributed by atoms with E-state index < -0.39 is 0 Å². The van der Waals surface area contributed by atoms with Gasteiger partial charge in [0.1, 0.15) is 18.0 Å². The highest BCUT2D eigenvalue weighted by Crippen LogP contribution is 2.25. The number of methoxy groups -OCH3 is 1. The number of benzene rings is 2. The van der Waals surface area contributed by atoms with Gasteiger partial charge in [-0.1, -0.05) is 17.1 Å². The summed E-state index contributed by atoms with van der Waals surface area (Å²) >= 11 is 0. The number of amides is 1. The molecule has 0 spiro atoms. The molecule has 5 rings (SSSR count). The van der Waals surface area contributed by atoms with Gasteiger partial charge in [0.2, 0.25) is 0 Å². The van der Waals surface area contributed by atoms with Crippen LogP contribution in [0.1, 0.15) is 15.9 Å². The summed E-state index contributed by atoms with van der Waals surface area (Å²) in [6.07, 6.45) is 1.82. The molecular formula is C24H22N6O3. The molecule has 2 aromatic heterocycles. The van der Waals surface area contributed by atoms with Crippen LogP contribution in [0.2, 0.25) is 0 Å². The van der Waals surface area contributed by atoms with E-state index in [1.165, 1.54) is 0 Å². The first-order chi connectivity index (χ1) is 16.2. The maximum absolute atomic E-state index is 12.6. The lowest BCUT2D eigenvalue weighted by atomic mass is 10.1. The maximum Gasteiger partial charge on any atom is 0.254 e. The Morgan fingerprint density at radius 3 is 2.79 bits per heavy atom. The van der Waals surface area contributed by atoms with E-state index in [-0.39, 0.29) is 5.91 Å². The summed E-state index contributed by atoms with van der Waals surface area (Å²) in [5.41, 5.74) is 4.56. The molecule has 1 saturated heterocycles. The molecule has 9 heteroatoms. The number of morpholine rings is 1. The number of rotatable bonds is 4. The zero-order chi connectivity index (χ0) is 22.6. The SMILES string of the molecule is COCC#Cc1ccc2c(-c3cn(-c4ccc(C(=O)N5CCOCC5)cc4)nn3)n[nH]c2c1. The number of nitrogens with zero attached hydrogens (tertiary/aromatic N) is 5. The third-order valence-electron chi connectivity index (χ3n) is 5.43. The summed E-state index contributed by atoms with van der Waals surface area (Å²) in [7, 11) is 1.62. The molecule has 2 aromatic carbocycles. The summed E-state index contributed by atoms with van der Waals surface area (Å²) in [5, 5.41) is 16.9. The van der Waals surface area contributed by atoms with Crippen LogP contribution < -0.4 is 0 Å². The molecule has 0 radical (unpaired) electrons. The van der Waals surface area contributed by atoms with Gasteiger partial charge in [0.15, 0.2) is 0 Å². The van der Waals surface area contributed by atoms with Gasteiger partial charge in [-0.15, -0.1) is 5.10 Å². The van der Waals surface area contributed by atoms with Crippen LogP contribution in [0.25, 0.3) is 28.0 Å². The van der Waals surface area contributed by atoms with Crippen LogP contribution in [0, 0.1) is 11.8 Å². The van der Waals surface area contributed by atoms with Crippen molar-refractivity contribution < 1.29 is 14.3 Å². The molecular weight excluding hydrogens is 420 g/mol. The minimum absolute atomic E-state index is 0.0124. The van der Waals surface area contributed by atoms with E-state index in [1.807, 2.05) is 53.6 Å². The molecule has 4 aromatic rings. The predicted molar refractivity (Wildman–Crippen MR) is 122 cm³/mol. The van der Waals surface area contributed by atoms with Gasteiger partial charge in [0.25, 0.3) is 5.91 Å². The second-order valence-corrected chi connectivity index (χ2v) is 7.57. The van der Waals surface area contributed by atoms with Crippen molar-refractivity contribution in [2.24, 2.45) is 0 Å². The molecule has 3 heterocycles. The summed E-state index contributed by atoms with van der Waals surface area (Å²) in [6, 6.07) is 13.2. The van der Waals surface area contributed by atoms with Gasteiger partial charge < -0.3 is 14.4 Å². The molecule has 0 atom stereocenters. The van der Waals surface area contributed by atoms with Gasteiger partial charge in [-0.25, -0.2) is 4.68 Å². The number of H-pyrrole nitrogens is 1. The molecule has 1 N–H and O–H groups in total. The average molecular weight is 442 g/mol. The third kappa shape index (κ3) is 4.35. The van der Waals surface area contributed by atoms with Crippen molar-refractivity contribution in [2.45, 2.75) is 0 Å². The Morgan fingerprint density at radius 2 is 2.00 bits per heavy atom. The Kier molecular flexibility index (Phi) is 5.85. The fourth-order valence-electron chi connectivity index (χ4n) is 3.71. The monoisotopic (exact) mass is 442 g/mol. The first-order valence-corrected chi connectivity index (χ1v) is 10.6. The zero-order valence-electron chi connectivity index (χ0n) is 18.1. The van der Waals surface area contributed by atoms with Gasteiger partial charge >= 0.3 is 0 Å². The van der Waals surface area contributed by atoms with Crippen LogP contribution in [0.5, 0.6) is 0 Å². The lowest BCUT2D eigenvalue weighted by Crippen LogP contribution is -2.40. The van der Waals surface area contributed by atoms with Crippen molar-refractivity contribution in [3.05, 3.63) is 59.8 Å². The smallest absolute Gasteiger partial charge is 0.254 e. The molecule has 1 amide bonds. The average Bonchev–Trinajstić information content (AvgIpc) is 3.51. The zero-order valence-corrected chi connectivity index (χ0v) is 18.1. The second kappa shape index (κ2) is 9.24. The molecule has 0 unspecified atom stereocenters. The van der Waals surface area contributed by atoms with Crippen molar-refractivity contribution in [1.29, 1.82) is 0 Å². The lowest BCUT2D eigenvalue weighted by molar-refractivity contribution is 0.0303. The molecule has 0 aliphatic carbocycles. The van der Waals surface area contributed by atoms with Crippen LogP contribution in [-0.2, 0) is 9.47 Å². The first-order valence-electron chi connectivity index (χ1n) is 10.6. The minimum atomic E-state index is 0.0124. The van der Waals surface area contributed by atoms with Crippen molar-refractivity contribution in [3.63, 3.8) is 0 Å². The van der Waals surface area contributed by atoms with E-state index in [0.29, 0.717) is 49.9 Å². The number of carbonyl (C=O) groups excluding carboxylic acids is 1. The van der Waals surface area contributed by atoms with Gasteiger partial charge in [-0.05, 0) is 42.5 Å². The number of ether oxygens (including phenoxy) is 2. The van der Waals surface area contributed by atoms with Crippen molar-refractivity contribution >= 4 is 16.8 Å². The van der Waals surface area contributed by atoms with Gasteiger partial charge in [-0.3, -0.25) is 9.89 Å². The highest BCUT2D eigenvalue weighted by atomic mass is 16.5. The van der Waals surface area contributed by atoms with E-state index >= 15 is 0 Å². The number of carbonyl (C=O) groups is 1. The Labute approximate surface area is 190 Å². The second-order valence-electron chi connectivity index (χ2n) is 7.57. The van der Waals surface area contributed by atoms with Crippen LogP contribution >= 0.6 is 0 Å². The molecule has 0 bridgehead atoms. The van der Waals surface area contributed by atoms with E-state index in [2.05, 4.69) is 32.4 Å². The quantitative estimate of drug-likeness (QED) is 0.487. The molecule has 1 fully saturated rings. The minimum Gasteiger partial charge on any atom is -0.378 e. The summed E-state index contributed by atoms with van der Waals surface area (Å²) in [5.74, 6) is 6.01. The highest BCUT2D eigenvalue weighted by molar-refractivity contribution is 5.94. The van der Waals surface area contributed by atoms with Crippen LogP contribution in [-0.4, -0.2) is 76.0 Å². The number of aromatic nitrogens is 5. The molecule has 33 heavy (non-hydrogen) atoms. The fraction of sp³-hybridized carbons (Fsp3) is 0.250. The van der Waals surface area contributed by atoms with Crippen molar-refractivity contribution in [2.75, 3.05) is 40.0 Å². The molecule has 1 aliphatic heterocycles. The van der Waals surface area contributed by atoms with E-state index in [9.17, 15) is 4.79 Å². The highest BCUT2D eigenvalue weighted by Gasteiger charge is 2.19. The number of hydrogen-bond acceptors (Lipinski definition) is 6. The van der Waals surface area contributed by atoms with Crippen LogP contribution in [0.15, 0.2) is 48.7 Å². The molecule has 1 aliphatic rings. The molecule has 0 saturated carbocycles. The number of hydrogen-bond donors (Lipinski definition) is 1. The molecule has 166 valence electrons.